The number of hydrogen-bond acceptors (Lipinski definition) is 3. The first-order chi connectivity index (χ1) is 8.15. The number of carbonyl (C=O) groups is 1. The molecule has 0 aromatic rings. The SMILES string of the molecule is C/C=C/C(C=NC)NC(=O)NC1CCN(C)C1. The van der Waals surface area contributed by atoms with Gasteiger partial charge < -0.3 is 15.5 Å². The van der Waals surface area contributed by atoms with Gasteiger partial charge in [0.15, 0.2) is 0 Å². The molecule has 2 unspecified atom stereocenters. The minimum atomic E-state index is -0.135. The van der Waals surface area contributed by atoms with E-state index >= 15 is 0 Å². The summed E-state index contributed by atoms with van der Waals surface area (Å²) in [5.74, 6) is 0. The van der Waals surface area contributed by atoms with E-state index < -0.39 is 0 Å². The molecule has 1 heterocycles. The number of likely N-dealkylation sites (N-methyl/N-ethyl adjacent to an activating group) is 1. The minimum absolute atomic E-state index is 0.131. The molecule has 2 atom stereocenters. The Balaban J connectivity index is 2.37. The van der Waals surface area contributed by atoms with Gasteiger partial charge in [-0.25, -0.2) is 4.79 Å². The molecule has 5 nitrogen and oxygen atoms in total. The summed E-state index contributed by atoms with van der Waals surface area (Å²) in [5.41, 5.74) is 0. The van der Waals surface area contributed by atoms with Crippen LogP contribution in [0.15, 0.2) is 17.1 Å². The molecule has 1 aliphatic rings. The van der Waals surface area contributed by atoms with Crippen molar-refractivity contribution in [3.63, 3.8) is 0 Å². The molecular formula is C12H22N4O. The molecule has 0 aromatic carbocycles. The van der Waals surface area contributed by atoms with Crippen LogP contribution in [0.1, 0.15) is 13.3 Å². The molecule has 1 fully saturated rings. The van der Waals surface area contributed by atoms with Gasteiger partial charge in [0, 0.05) is 25.8 Å². The average molecular weight is 238 g/mol. The molecule has 96 valence electrons. The highest BCUT2D eigenvalue weighted by Gasteiger charge is 2.21. The van der Waals surface area contributed by atoms with Crippen molar-refractivity contribution in [2.24, 2.45) is 4.99 Å². The van der Waals surface area contributed by atoms with E-state index in [1.807, 2.05) is 19.1 Å². The number of likely N-dealkylation sites (tertiary alicyclic amines) is 1. The van der Waals surface area contributed by atoms with Crippen molar-refractivity contribution < 1.29 is 4.79 Å². The zero-order valence-corrected chi connectivity index (χ0v) is 10.8. The molecule has 1 saturated heterocycles. The van der Waals surface area contributed by atoms with Gasteiger partial charge in [0.25, 0.3) is 0 Å². The van der Waals surface area contributed by atoms with Crippen molar-refractivity contribution in [3.05, 3.63) is 12.2 Å². The Labute approximate surface area is 103 Å². The van der Waals surface area contributed by atoms with Crippen molar-refractivity contribution in [2.45, 2.75) is 25.4 Å². The largest absolute Gasteiger partial charge is 0.334 e. The molecule has 0 spiro atoms. The van der Waals surface area contributed by atoms with Crippen molar-refractivity contribution in [1.82, 2.24) is 15.5 Å². The zero-order valence-electron chi connectivity index (χ0n) is 10.8. The molecule has 0 radical (unpaired) electrons. The molecule has 1 rings (SSSR count). The first kappa shape index (κ1) is 13.7. The van der Waals surface area contributed by atoms with E-state index in [2.05, 4.69) is 27.6 Å². The Kier molecular flexibility index (Phi) is 5.69. The van der Waals surface area contributed by atoms with Gasteiger partial charge in [-0.3, -0.25) is 4.99 Å². The Hall–Kier alpha value is -1.36. The van der Waals surface area contributed by atoms with Crippen LogP contribution in [0.25, 0.3) is 0 Å². The summed E-state index contributed by atoms with van der Waals surface area (Å²) in [4.78, 5) is 17.9. The maximum absolute atomic E-state index is 11.7. The van der Waals surface area contributed by atoms with Gasteiger partial charge in [0.05, 0.1) is 6.04 Å². The van der Waals surface area contributed by atoms with Crippen molar-refractivity contribution in [1.29, 1.82) is 0 Å². The molecule has 2 amide bonds. The minimum Gasteiger partial charge on any atom is -0.334 e. The van der Waals surface area contributed by atoms with Crippen LogP contribution in [0.2, 0.25) is 0 Å². The Bertz CT molecular complexity index is 289. The maximum Gasteiger partial charge on any atom is 0.315 e. The molecule has 0 bridgehead atoms. The number of aliphatic imine (C=N–C) groups is 1. The summed E-state index contributed by atoms with van der Waals surface area (Å²) >= 11 is 0. The second-order valence-corrected chi connectivity index (χ2v) is 4.32. The number of urea groups is 1. The van der Waals surface area contributed by atoms with E-state index in [-0.39, 0.29) is 18.1 Å². The van der Waals surface area contributed by atoms with Crippen LogP contribution in [0.3, 0.4) is 0 Å². The molecule has 0 aromatic heterocycles. The third kappa shape index (κ3) is 4.99. The predicted octanol–water partition coefficient (Wildman–Crippen LogP) is 0.635. The van der Waals surface area contributed by atoms with Gasteiger partial charge in [-0.15, -0.1) is 0 Å². The lowest BCUT2D eigenvalue weighted by molar-refractivity contribution is 0.237. The first-order valence-corrected chi connectivity index (χ1v) is 5.96. The Morgan fingerprint density at radius 3 is 2.88 bits per heavy atom. The van der Waals surface area contributed by atoms with Gasteiger partial charge in [-0.05, 0) is 26.9 Å². The van der Waals surface area contributed by atoms with Crippen molar-refractivity contribution in [2.75, 3.05) is 27.2 Å². The van der Waals surface area contributed by atoms with Gasteiger partial charge in [0.2, 0.25) is 0 Å². The molecular weight excluding hydrogens is 216 g/mol. The third-order valence-corrected chi connectivity index (χ3v) is 2.73. The maximum atomic E-state index is 11.7. The second kappa shape index (κ2) is 7.06. The van der Waals surface area contributed by atoms with E-state index in [0.29, 0.717) is 0 Å². The molecule has 2 N–H and O–H groups in total. The lowest BCUT2D eigenvalue weighted by atomic mass is 10.2. The number of amides is 2. The fourth-order valence-corrected chi connectivity index (χ4v) is 1.93. The van der Waals surface area contributed by atoms with E-state index in [4.69, 9.17) is 0 Å². The van der Waals surface area contributed by atoms with Crippen LogP contribution in [0.4, 0.5) is 4.79 Å². The van der Waals surface area contributed by atoms with Crippen LogP contribution in [0.5, 0.6) is 0 Å². The molecule has 17 heavy (non-hydrogen) atoms. The molecule has 5 heteroatoms. The van der Waals surface area contributed by atoms with E-state index in [1.165, 1.54) is 0 Å². The van der Waals surface area contributed by atoms with Crippen LogP contribution >= 0.6 is 0 Å². The summed E-state index contributed by atoms with van der Waals surface area (Å²) in [6, 6.07) is -0.0118. The fraction of sp³-hybridized carbons (Fsp3) is 0.667. The normalized spacial score (nSPS) is 23.4. The summed E-state index contributed by atoms with van der Waals surface area (Å²) in [6.07, 6.45) is 6.52. The lowest BCUT2D eigenvalue weighted by Crippen LogP contribution is -2.46. The van der Waals surface area contributed by atoms with Crippen LogP contribution in [0, 0.1) is 0 Å². The van der Waals surface area contributed by atoms with E-state index in [0.717, 1.165) is 19.5 Å². The van der Waals surface area contributed by atoms with Gasteiger partial charge >= 0.3 is 6.03 Å². The number of rotatable bonds is 4. The van der Waals surface area contributed by atoms with Crippen LogP contribution in [-0.2, 0) is 0 Å². The summed E-state index contributed by atoms with van der Waals surface area (Å²) in [6.45, 7) is 3.88. The van der Waals surface area contributed by atoms with E-state index in [9.17, 15) is 4.79 Å². The topological polar surface area (TPSA) is 56.7 Å². The highest BCUT2D eigenvalue weighted by atomic mass is 16.2. The van der Waals surface area contributed by atoms with Crippen molar-refractivity contribution in [3.8, 4) is 0 Å². The average Bonchev–Trinajstić information content (AvgIpc) is 2.64. The third-order valence-electron chi connectivity index (χ3n) is 2.73. The first-order valence-electron chi connectivity index (χ1n) is 5.96. The zero-order chi connectivity index (χ0) is 12.7. The Morgan fingerprint density at radius 1 is 1.59 bits per heavy atom. The number of nitrogens with one attached hydrogen (secondary N) is 2. The van der Waals surface area contributed by atoms with Crippen LogP contribution in [-0.4, -0.2) is 56.4 Å². The molecule has 1 aliphatic heterocycles. The van der Waals surface area contributed by atoms with Gasteiger partial charge in [0.1, 0.15) is 0 Å². The Morgan fingerprint density at radius 2 is 2.35 bits per heavy atom. The number of allylic oxidation sites excluding steroid dienone is 1. The molecule has 0 saturated carbocycles. The number of nitrogens with zero attached hydrogens (tertiary/aromatic N) is 2. The predicted molar refractivity (Wildman–Crippen MR) is 70.6 cm³/mol. The summed E-state index contributed by atoms with van der Waals surface area (Å²) < 4.78 is 0. The summed E-state index contributed by atoms with van der Waals surface area (Å²) in [5, 5.41) is 5.83. The highest BCUT2D eigenvalue weighted by Crippen LogP contribution is 2.05. The van der Waals surface area contributed by atoms with Gasteiger partial charge in [-0.1, -0.05) is 12.2 Å². The lowest BCUT2D eigenvalue weighted by Gasteiger charge is -2.16. The second-order valence-electron chi connectivity index (χ2n) is 4.32. The fourth-order valence-electron chi connectivity index (χ4n) is 1.93. The van der Waals surface area contributed by atoms with Gasteiger partial charge in [-0.2, -0.15) is 0 Å². The van der Waals surface area contributed by atoms with Crippen LogP contribution < -0.4 is 10.6 Å². The number of hydrogen-bond donors (Lipinski definition) is 2. The number of carbonyl (C=O) groups excluding carboxylic acids is 1. The standard InChI is InChI=1S/C12H22N4O/c1-4-5-10(8-13-2)14-12(17)15-11-6-7-16(3)9-11/h4-5,8,10-11H,6-7,9H2,1-3H3,(H2,14,15,17)/b5-4+,13-8?. The molecule has 0 aliphatic carbocycles. The highest BCUT2D eigenvalue weighted by molar-refractivity contribution is 5.80. The monoisotopic (exact) mass is 238 g/mol. The van der Waals surface area contributed by atoms with E-state index in [1.54, 1.807) is 13.3 Å². The summed E-state index contributed by atoms with van der Waals surface area (Å²) in [7, 11) is 3.76. The quantitative estimate of drug-likeness (QED) is 0.557. The van der Waals surface area contributed by atoms with Crippen molar-refractivity contribution >= 4 is 12.2 Å². The smallest absolute Gasteiger partial charge is 0.315 e.